The van der Waals surface area contributed by atoms with Gasteiger partial charge in [0.2, 0.25) is 0 Å². The Morgan fingerprint density at radius 2 is 1.68 bits per heavy atom. The van der Waals surface area contributed by atoms with Gasteiger partial charge in [-0.15, -0.1) is 0 Å². The Kier molecular flexibility index (Phi) is 4.77. The van der Waals surface area contributed by atoms with Crippen molar-refractivity contribution in [1.29, 1.82) is 0 Å². The van der Waals surface area contributed by atoms with E-state index in [1.165, 1.54) is 0 Å². The molecule has 28 heavy (non-hydrogen) atoms. The molecule has 1 aromatic heterocycles. The Bertz CT molecular complexity index is 1080. The number of para-hydroxylation sites is 1. The summed E-state index contributed by atoms with van der Waals surface area (Å²) in [5, 5.41) is 0.428. The Morgan fingerprint density at radius 1 is 1.00 bits per heavy atom. The third-order valence-electron chi connectivity index (χ3n) is 5.12. The molecule has 0 spiro atoms. The first kappa shape index (κ1) is 18.4. The number of hydrogen-bond acceptors (Lipinski definition) is 4. The molecule has 0 bridgehead atoms. The highest BCUT2D eigenvalue weighted by atomic mass is 16.5. The molecule has 0 saturated carbocycles. The average molecular weight is 377 g/mol. The Hall–Kier alpha value is -2.92. The maximum atomic E-state index is 13.3. The van der Waals surface area contributed by atoms with E-state index in [-0.39, 0.29) is 23.5 Å². The maximum Gasteiger partial charge on any atom is 0.257 e. The molecule has 1 aliphatic rings. The summed E-state index contributed by atoms with van der Waals surface area (Å²) in [6.07, 6.45) is -0.0615. The molecule has 5 nitrogen and oxygen atoms in total. The molecule has 2 heterocycles. The fraction of sp³-hybridized carbons (Fsp3) is 0.304. The van der Waals surface area contributed by atoms with Gasteiger partial charge in [0, 0.05) is 24.2 Å². The van der Waals surface area contributed by atoms with E-state index in [2.05, 4.69) is 0 Å². The lowest BCUT2D eigenvalue weighted by atomic mass is 10.0. The van der Waals surface area contributed by atoms with Crippen LogP contribution in [0.3, 0.4) is 0 Å². The Morgan fingerprint density at radius 3 is 2.36 bits per heavy atom. The molecule has 1 saturated heterocycles. The van der Waals surface area contributed by atoms with Crippen LogP contribution in [0.15, 0.2) is 57.7 Å². The normalized spacial score (nSPS) is 19.8. The van der Waals surface area contributed by atoms with Crippen LogP contribution >= 0.6 is 0 Å². The number of ether oxygens (including phenoxy) is 1. The molecule has 0 N–H and O–H groups in total. The van der Waals surface area contributed by atoms with E-state index in [1.54, 1.807) is 30.0 Å². The Balaban J connectivity index is 1.87. The van der Waals surface area contributed by atoms with Crippen molar-refractivity contribution in [3.63, 3.8) is 0 Å². The molecule has 2 atom stereocenters. The van der Waals surface area contributed by atoms with Gasteiger partial charge in [-0.05, 0) is 32.9 Å². The highest BCUT2D eigenvalue weighted by Gasteiger charge is 2.28. The van der Waals surface area contributed by atoms with E-state index >= 15 is 0 Å². The number of amides is 1. The summed E-state index contributed by atoms with van der Waals surface area (Å²) in [5.74, 6) is 0.362. The van der Waals surface area contributed by atoms with E-state index < -0.39 is 0 Å². The molecular formula is C23H23NO4. The monoisotopic (exact) mass is 377 g/mol. The minimum Gasteiger partial charge on any atom is -0.455 e. The smallest absolute Gasteiger partial charge is 0.257 e. The van der Waals surface area contributed by atoms with Crippen molar-refractivity contribution in [2.45, 2.75) is 33.0 Å². The van der Waals surface area contributed by atoms with Gasteiger partial charge in [0.1, 0.15) is 5.76 Å². The second kappa shape index (κ2) is 7.24. The van der Waals surface area contributed by atoms with Gasteiger partial charge in [0.25, 0.3) is 5.91 Å². The second-order valence-electron chi connectivity index (χ2n) is 7.40. The summed E-state index contributed by atoms with van der Waals surface area (Å²) >= 11 is 0. The first-order chi connectivity index (χ1) is 13.5. The van der Waals surface area contributed by atoms with Gasteiger partial charge >= 0.3 is 0 Å². The summed E-state index contributed by atoms with van der Waals surface area (Å²) in [6, 6.07) is 14.7. The lowest BCUT2D eigenvalue weighted by Gasteiger charge is -2.35. The van der Waals surface area contributed by atoms with Gasteiger partial charge in [-0.2, -0.15) is 0 Å². The summed E-state index contributed by atoms with van der Waals surface area (Å²) in [6.45, 7) is 6.70. The number of morpholine rings is 1. The van der Waals surface area contributed by atoms with Crippen molar-refractivity contribution in [3.05, 3.63) is 69.9 Å². The van der Waals surface area contributed by atoms with Gasteiger partial charge in [-0.1, -0.05) is 36.4 Å². The van der Waals surface area contributed by atoms with Crippen LogP contribution in [-0.4, -0.2) is 36.1 Å². The largest absolute Gasteiger partial charge is 0.455 e. The van der Waals surface area contributed by atoms with Crippen molar-refractivity contribution >= 4 is 16.9 Å². The molecule has 0 aliphatic carbocycles. The molecule has 0 radical (unpaired) electrons. The molecule has 0 unspecified atom stereocenters. The van der Waals surface area contributed by atoms with Crippen molar-refractivity contribution in [2.75, 3.05) is 13.1 Å². The fourth-order valence-corrected chi connectivity index (χ4v) is 3.86. The molecule has 1 amide bonds. The lowest BCUT2D eigenvalue weighted by Crippen LogP contribution is -2.48. The summed E-state index contributed by atoms with van der Waals surface area (Å²) < 4.78 is 11.9. The standard InChI is InChI=1S/C23H23NO4/c1-14-12-24(13-15(2)27-14)23(26)19-11-7-10-18-20(25)16(3)21(28-22(18)19)17-8-5-4-6-9-17/h4-11,14-15H,12-13H2,1-3H3/t14-,15-/m0/s1. The zero-order valence-corrected chi connectivity index (χ0v) is 16.3. The third-order valence-corrected chi connectivity index (χ3v) is 5.12. The van der Waals surface area contributed by atoms with E-state index in [0.29, 0.717) is 40.9 Å². The van der Waals surface area contributed by atoms with Gasteiger partial charge in [0.05, 0.1) is 23.2 Å². The molecule has 1 aliphatic heterocycles. The van der Waals surface area contributed by atoms with Gasteiger partial charge in [0.15, 0.2) is 11.0 Å². The van der Waals surface area contributed by atoms with Gasteiger partial charge < -0.3 is 14.1 Å². The van der Waals surface area contributed by atoms with Crippen LogP contribution < -0.4 is 5.43 Å². The predicted molar refractivity (Wildman–Crippen MR) is 109 cm³/mol. The van der Waals surface area contributed by atoms with Crippen LogP contribution in [0, 0.1) is 6.92 Å². The van der Waals surface area contributed by atoms with Gasteiger partial charge in [-0.25, -0.2) is 0 Å². The van der Waals surface area contributed by atoms with Crippen molar-refractivity contribution in [3.8, 4) is 11.3 Å². The topological polar surface area (TPSA) is 59.8 Å². The third kappa shape index (κ3) is 3.22. The van der Waals surface area contributed by atoms with Crippen LogP contribution in [0.2, 0.25) is 0 Å². The number of carbonyl (C=O) groups is 1. The quantitative estimate of drug-likeness (QED) is 0.677. The fourth-order valence-electron chi connectivity index (χ4n) is 3.86. The van der Waals surface area contributed by atoms with Crippen molar-refractivity contribution in [2.24, 2.45) is 0 Å². The predicted octanol–water partition coefficient (Wildman–Crippen LogP) is 4.02. The molecule has 5 heteroatoms. The molecule has 3 aromatic rings. The average Bonchev–Trinajstić information content (AvgIpc) is 2.69. The van der Waals surface area contributed by atoms with E-state index in [0.717, 1.165) is 5.56 Å². The minimum atomic E-state index is -0.140. The number of rotatable bonds is 2. The molecule has 1 fully saturated rings. The first-order valence-corrected chi connectivity index (χ1v) is 9.52. The van der Waals surface area contributed by atoms with Crippen LogP contribution in [0.5, 0.6) is 0 Å². The first-order valence-electron chi connectivity index (χ1n) is 9.52. The number of carbonyl (C=O) groups excluding carboxylic acids is 1. The molecule has 4 rings (SSSR count). The zero-order valence-electron chi connectivity index (χ0n) is 16.3. The van der Waals surface area contributed by atoms with E-state index in [1.807, 2.05) is 44.2 Å². The molecule has 144 valence electrons. The lowest BCUT2D eigenvalue weighted by molar-refractivity contribution is -0.0585. The van der Waals surface area contributed by atoms with Crippen LogP contribution in [0.1, 0.15) is 29.8 Å². The van der Waals surface area contributed by atoms with Crippen molar-refractivity contribution < 1.29 is 13.9 Å². The SMILES string of the molecule is Cc1c(-c2ccccc2)oc2c(C(=O)N3C[C@H](C)O[C@@H](C)C3)cccc2c1=O. The molecule has 2 aromatic carbocycles. The van der Waals surface area contributed by atoms with Gasteiger partial charge in [-0.3, -0.25) is 9.59 Å². The Labute approximate surface area is 163 Å². The highest BCUT2D eigenvalue weighted by molar-refractivity contribution is 6.05. The van der Waals surface area contributed by atoms with Crippen LogP contribution in [0.25, 0.3) is 22.3 Å². The molecular weight excluding hydrogens is 354 g/mol. The highest BCUT2D eigenvalue weighted by Crippen LogP contribution is 2.28. The summed E-state index contributed by atoms with van der Waals surface area (Å²) in [4.78, 5) is 28.0. The van der Waals surface area contributed by atoms with Crippen LogP contribution in [-0.2, 0) is 4.74 Å². The number of hydrogen-bond donors (Lipinski definition) is 0. The van der Waals surface area contributed by atoms with E-state index in [4.69, 9.17) is 9.15 Å². The van der Waals surface area contributed by atoms with E-state index in [9.17, 15) is 9.59 Å². The summed E-state index contributed by atoms with van der Waals surface area (Å²) in [5.41, 5.74) is 1.99. The maximum absolute atomic E-state index is 13.3. The number of fused-ring (bicyclic) bond motifs is 1. The minimum absolute atomic E-state index is 0.0307. The zero-order chi connectivity index (χ0) is 19.8. The summed E-state index contributed by atoms with van der Waals surface area (Å²) in [7, 11) is 0. The second-order valence-corrected chi connectivity index (χ2v) is 7.40. The van der Waals surface area contributed by atoms with Crippen LogP contribution in [0.4, 0.5) is 0 Å². The number of benzene rings is 2. The van der Waals surface area contributed by atoms with Crippen molar-refractivity contribution in [1.82, 2.24) is 4.90 Å². The number of nitrogens with zero attached hydrogens (tertiary/aromatic N) is 1.